The molecule has 0 bridgehead atoms. The average molecular weight is 223 g/mol. The van der Waals surface area contributed by atoms with Crippen molar-refractivity contribution >= 4 is 5.91 Å². The van der Waals surface area contributed by atoms with Crippen molar-refractivity contribution in [3.8, 4) is 0 Å². The summed E-state index contributed by atoms with van der Waals surface area (Å²) in [6, 6.07) is 3.67. The fourth-order valence-electron chi connectivity index (χ4n) is 1.63. The zero-order chi connectivity index (χ0) is 12.5. The Morgan fingerprint density at radius 2 is 1.62 bits per heavy atom. The first kappa shape index (κ1) is 12.7. The maximum atomic E-state index is 10.8. The second-order valence-electron chi connectivity index (χ2n) is 4.09. The van der Waals surface area contributed by atoms with Gasteiger partial charge in [-0.15, -0.1) is 0 Å². The highest BCUT2D eigenvalue weighted by molar-refractivity contribution is 5.79. The van der Waals surface area contributed by atoms with Crippen LogP contribution in [0.25, 0.3) is 0 Å². The molecule has 88 valence electrons. The number of carbonyl (C=O) groups excluding carboxylic acids is 1. The highest BCUT2D eigenvalue weighted by Crippen LogP contribution is 2.24. The molecule has 16 heavy (non-hydrogen) atoms. The Kier molecular flexibility index (Phi) is 3.67. The predicted octanol–water partition coefficient (Wildman–Crippen LogP) is 0.491. The van der Waals surface area contributed by atoms with E-state index in [0.29, 0.717) is 5.56 Å². The Morgan fingerprint density at radius 1 is 1.12 bits per heavy atom. The molecule has 0 spiro atoms. The summed E-state index contributed by atoms with van der Waals surface area (Å²) >= 11 is 0. The summed E-state index contributed by atoms with van der Waals surface area (Å²) in [6.07, 6.45) is -2.84. The molecule has 2 unspecified atom stereocenters. The molecule has 4 heteroatoms. The van der Waals surface area contributed by atoms with Crippen molar-refractivity contribution in [1.82, 2.24) is 0 Å². The van der Waals surface area contributed by atoms with Crippen LogP contribution in [0.5, 0.6) is 0 Å². The molecule has 0 heterocycles. The number of nitrogens with two attached hydrogens (primary N) is 1. The van der Waals surface area contributed by atoms with Gasteiger partial charge < -0.3 is 15.9 Å². The lowest BCUT2D eigenvalue weighted by molar-refractivity contribution is -0.132. The molecule has 0 radical (unpaired) electrons. The maximum absolute atomic E-state index is 10.8. The van der Waals surface area contributed by atoms with Crippen molar-refractivity contribution in [2.75, 3.05) is 0 Å². The number of amides is 1. The first-order chi connectivity index (χ1) is 7.34. The lowest BCUT2D eigenvalue weighted by Crippen LogP contribution is -2.34. The molecule has 2 atom stereocenters. The van der Waals surface area contributed by atoms with E-state index in [9.17, 15) is 15.0 Å². The smallest absolute Gasteiger partial charge is 0.249 e. The van der Waals surface area contributed by atoms with E-state index in [1.165, 1.54) is 0 Å². The van der Waals surface area contributed by atoms with Gasteiger partial charge in [0.1, 0.15) is 6.10 Å². The van der Waals surface area contributed by atoms with Gasteiger partial charge in [0, 0.05) is 0 Å². The van der Waals surface area contributed by atoms with E-state index in [1.54, 1.807) is 6.07 Å². The molecule has 4 nitrogen and oxygen atoms in total. The lowest BCUT2D eigenvalue weighted by atomic mass is 9.94. The first-order valence-corrected chi connectivity index (χ1v) is 5.07. The van der Waals surface area contributed by atoms with Gasteiger partial charge in [-0.2, -0.15) is 0 Å². The maximum Gasteiger partial charge on any atom is 0.249 e. The van der Waals surface area contributed by atoms with Crippen molar-refractivity contribution in [2.45, 2.75) is 33.0 Å². The molecular weight excluding hydrogens is 206 g/mol. The molecular formula is C12H17NO3. The number of carbonyl (C=O) groups is 1. The molecule has 0 saturated carbocycles. The molecule has 1 aromatic rings. The van der Waals surface area contributed by atoms with E-state index in [0.717, 1.165) is 16.7 Å². The van der Waals surface area contributed by atoms with Crippen LogP contribution in [0.1, 0.15) is 28.4 Å². The minimum absolute atomic E-state index is 0.536. The topological polar surface area (TPSA) is 83.6 Å². The Labute approximate surface area is 94.7 Å². The summed E-state index contributed by atoms with van der Waals surface area (Å²) in [6.45, 7) is 5.68. The monoisotopic (exact) mass is 223 g/mol. The van der Waals surface area contributed by atoms with E-state index in [-0.39, 0.29) is 0 Å². The van der Waals surface area contributed by atoms with Crippen LogP contribution in [-0.4, -0.2) is 22.2 Å². The normalized spacial score (nSPS) is 14.6. The summed E-state index contributed by atoms with van der Waals surface area (Å²) in [5.74, 6) is -0.926. The Bertz CT molecular complexity index is 415. The number of rotatable bonds is 3. The van der Waals surface area contributed by atoms with E-state index in [1.807, 2.05) is 26.8 Å². The van der Waals surface area contributed by atoms with Crippen LogP contribution in [0.3, 0.4) is 0 Å². The molecule has 4 N–H and O–H groups in total. The highest BCUT2D eigenvalue weighted by Gasteiger charge is 2.24. The van der Waals surface area contributed by atoms with Crippen LogP contribution in [-0.2, 0) is 4.79 Å². The number of aliphatic hydroxyl groups excluding tert-OH is 2. The number of hydrogen-bond acceptors (Lipinski definition) is 3. The van der Waals surface area contributed by atoms with Crippen molar-refractivity contribution in [1.29, 1.82) is 0 Å². The summed E-state index contributed by atoms with van der Waals surface area (Å²) in [7, 11) is 0. The molecule has 0 aliphatic heterocycles. The lowest BCUT2D eigenvalue weighted by Gasteiger charge is -2.18. The van der Waals surface area contributed by atoms with Gasteiger partial charge in [0.05, 0.1) is 0 Å². The third-order valence-electron chi connectivity index (χ3n) is 2.79. The quantitative estimate of drug-likeness (QED) is 0.697. The molecule has 0 fully saturated rings. The van der Waals surface area contributed by atoms with E-state index < -0.39 is 18.1 Å². The number of aryl methyl sites for hydroxylation is 3. The number of hydrogen-bond donors (Lipinski definition) is 3. The largest absolute Gasteiger partial charge is 0.385 e. The Morgan fingerprint density at radius 3 is 2.12 bits per heavy atom. The van der Waals surface area contributed by atoms with Gasteiger partial charge in [-0.05, 0) is 43.0 Å². The third-order valence-corrected chi connectivity index (χ3v) is 2.79. The van der Waals surface area contributed by atoms with Crippen molar-refractivity contribution in [2.24, 2.45) is 5.73 Å². The summed E-state index contributed by atoms with van der Waals surface area (Å²) in [4.78, 5) is 10.8. The zero-order valence-electron chi connectivity index (χ0n) is 9.69. The molecule has 0 saturated heterocycles. The SMILES string of the molecule is Cc1cc(C)c(C(O)C(O)C(N)=O)cc1C. The second-order valence-corrected chi connectivity index (χ2v) is 4.09. The Balaban J connectivity index is 3.13. The molecule has 1 amide bonds. The fraction of sp³-hybridized carbons (Fsp3) is 0.417. The van der Waals surface area contributed by atoms with Crippen LogP contribution < -0.4 is 5.73 Å². The van der Waals surface area contributed by atoms with E-state index >= 15 is 0 Å². The van der Waals surface area contributed by atoms with Gasteiger partial charge in [0.15, 0.2) is 6.10 Å². The second kappa shape index (κ2) is 4.63. The summed E-state index contributed by atoms with van der Waals surface area (Å²) in [5.41, 5.74) is 8.41. The minimum atomic E-state index is -1.57. The minimum Gasteiger partial charge on any atom is -0.385 e. The van der Waals surface area contributed by atoms with Crippen molar-refractivity contribution in [3.63, 3.8) is 0 Å². The van der Waals surface area contributed by atoms with Crippen LogP contribution in [0, 0.1) is 20.8 Å². The van der Waals surface area contributed by atoms with Gasteiger partial charge >= 0.3 is 0 Å². The fourth-order valence-corrected chi connectivity index (χ4v) is 1.63. The van der Waals surface area contributed by atoms with Crippen molar-refractivity contribution < 1.29 is 15.0 Å². The standard InChI is InChI=1S/C12H17NO3/c1-6-4-8(3)9(5-7(6)2)10(14)11(15)12(13)16/h4-5,10-11,14-15H,1-3H3,(H2,13,16). The average Bonchev–Trinajstić information content (AvgIpc) is 2.21. The van der Waals surface area contributed by atoms with E-state index in [4.69, 9.17) is 5.73 Å². The molecule has 0 aromatic heterocycles. The van der Waals surface area contributed by atoms with Crippen LogP contribution in [0.4, 0.5) is 0 Å². The van der Waals surface area contributed by atoms with Gasteiger partial charge in [-0.25, -0.2) is 0 Å². The molecule has 1 aromatic carbocycles. The van der Waals surface area contributed by atoms with Gasteiger partial charge in [-0.3, -0.25) is 4.79 Å². The molecule has 0 aliphatic carbocycles. The summed E-state index contributed by atoms with van der Waals surface area (Å²) < 4.78 is 0. The van der Waals surface area contributed by atoms with Crippen LogP contribution in [0.2, 0.25) is 0 Å². The van der Waals surface area contributed by atoms with Crippen LogP contribution >= 0.6 is 0 Å². The Hall–Kier alpha value is -1.39. The van der Waals surface area contributed by atoms with Gasteiger partial charge in [0.2, 0.25) is 5.91 Å². The molecule has 0 aliphatic rings. The first-order valence-electron chi connectivity index (χ1n) is 5.07. The number of primary amides is 1. The van der Waals surface area contributed by atoms with Crippen molar-refractivity contribution in [3.05, 3.63) is 34.4 Å². The number of aliphatic hydroxyl groups is 2. The zero-order valence-corrected chi connectivity index (χ0v) is 9.69. The third kappa shape index (κ3) is 2.40. The summed E-state index contributed by atoms with van der Waals surface area (Å²) in [5, 5.41) is 19.2. The van der Waals surface area contributed by atoms with Gasteiger partial charge in [0.25, 0.3) is 0 Å². The van der Waals surface area contributed by atoms with Gasteiger partial charge in [-0.1, -0.05) is 12.1 Å². The van der Waals surface area contributed by atoms with Crippen LogP contribution in [0.15, 0.2) is 12.1 Å². The van der Waals surface area contributed by atoms with E-state index in [2.05, 4.69) is 0 Å². The number of benzene rings is 1. The predicted molar refractivity (Wildman–Crippen MR) is 60.8 cm³/mol. The molecule has 1 rings (SSSR count). The highest BCUT2D eigenvalue weighted by atomic mass is 16.3.